The zero-order valence-corrected chi connectivity index (χ0v) is 20.5. The third-order valence-electron chi connectivity index (χ3n) is 6.77. The number of likely N-dealkylation sites (tertiary alicyclic amines) is 1. The minimum absolute atomic E-state index is 0.00690. The molecule has 1 saturated heterocycles. The molecule has 3 heterocycles. The summed E-state index contributed by atoms with van der Waals surface area (Å²) in [5.74, 6) is 0.151. The molecule has 1 aliphatic rings. The molecule has 2 aromatic heterocycles. The lowest BCUT2D eigenvalue weighted by molar-refractivity contribution is -0.135. The fourth-order valence-corrected chi connectivity index (χ4v) is 5.78. The number of carbonyl (C=O) groups is 1. The Morgan fingerprint density at radius 3 is 2.53 bits per heavy atom. The van der Waals surface area contributed by atoms with Crippen LogP contribution in [0.2, 0.25) is 0 Å². The van der Waals surface area contributed by atoms with Crippen LogP contribution in [0.3, 0.4) is 0 Å². The fraction of sp³-hybridized carbons (Fsp3) is 0.269. The molecule has 10 heteroatoms. The molecule has 5 rings (SSSR count). The number of sulfonamides is 1. The molecule has 1 fully saturated rings. The predicted molar refractivity (Wildman–Crippen MR) is 134 cm³/mol. The lowest BCUT2D eigenvalue weighted by Crippen LogP contribution is -2.41. The first-order valence-electron chi connectivity index (χ1n) is 11.8. The van der Waals surface area contributed by atoms with Crippen LogP contribution in [0.4, 0.5) is 10.2 Å². The van der Waals surface area contributed by atoms with Crippen LogP contribution in [0, 0.1) is 5.82 Å². The molecule has 0 radical (unpaired) electrons. The molecule has 36 heavy (non-hydrogen) atoms. The van der Waals surface area contributed by atoms with Crippen LogP contribution in [-0.2, 0) is 14.8 Å². The zero-order chi connectivity index (χ0) is 25.3. The maximum atomic E-state index is 14.1. The summed E-state index contributed by atoms with van der Waals surface area (Å²) in [7, 11) is -3.75. The van der Waals surface area contributed by atoms with Crippen LogP contribution in [-0.4, -0.2) is 46.8 Å². The largest absolute Gasteiger partial charge is 0.341 e. The van der Waals surface area contributed by atoms with Crippen molar-refractivity contribution >= 4 is 32.7 Å². The number of aromatic nitrogens is 3. The standard InChI is InChI=1S/C26H26FN5O3S/c1-18(32-16-12-22-23(27)3-2-4-24(22)32)26(33)31-14-10-20(11-15-31)19-5-7-21(8-6-19)36(34,35)30-25-9-13-28-17-29-25/h2-9,12-13,16-18,20H,10-11,14-15H2,1H3,(H,28,29,30)/t18-/m1/s1. The molecule has 1 atom stereocenters. The van der Waals surface area contributed by atoms with E-state index in [4.69, 9.17) is 0 Å². The fourth-order valence-electron chi connectivity index (χ4n) is 4.77. The van der Waals surface area contributed by atoms with Gasteiger partial charge in [-0.3, -0.25) is 9.52 Å². The molecule has 186 valence electrons. The van der Waals surface area contributed by atoms with E-state index in [2.05, 4.69) is 14.7 Å². The van der Waals surface area contributed by atoms with E-state index >= 15 is 0 Å². The first-order valence-corrected chi connectivity index (χ1v) is 13.2. The summed E-state index contributed by atoms with van der Waals surface area (Å²) < 4.78 is 43.6. The summed E-state index contributed by atoms with van der Waals surface area (Å²) in [5.41, 5.74) is 1.75. The monoisotopic (exact) mass is 507 g/mol. The van der Waals surface area contributed by atoms with Gasteiger partial charge in [-0.25, -0.2) is 22.8 Å². The second-order valence-corrected chi connectivity index (χ2v) is 10.6. The van der Waals surface area contributed by atoms with E-state index in [1.807, 2.05) is 34.6 Å². The average Bonchev–Trinajstić information content (AvgIpc) is 3.34. The molecule has 0 aliphatic carbocycles. The van der Waals surface area contributed by atoms with Crippen LogP contribution in [0.1, 0.15) is 37.3 Å². The summed E-state index contributed by atoms with van der Waals surface area (Å²) in [6.45, 7) is 3.06. The van der Waals surface area contributed by atoms with Gasteiger partial charge in [0.05, 0.1) is 10.4 Å². The smallest absolute Gasteiger partial charge is 0.263 e. The van der Waals surface area contributed by atoms with E-state index in [0.717, 1.165) is 18.4 Å². The van der Waals surface area contributed by atoms with Crippen molar-refractivity contribution in [1.29, 1.82) is 0 Å². The normalized spacial score (nSPS) is 15.7. The van der Waals surface area contributed by atoms with Gasteiger partial charge in [0.25, 0.3) is 10.0 Å². The van der Waals surface area contributed by atoms with E-state index in [1.54, 1.807) is 30.5 Å². The number of piperidine rings is 1. The maximum absolute atomic E-state index is 14.1. The van der Waals surface area contributed by atoms with Gasteiger partial charge in [0, 0.05) is 30.9 Å². The Bertz CT molecular complexity index is 1480. The number of hydrogen-bond donors (Lipinski definition) is 1. The molecule has 0 saturated carbocycles. The number of halogens is 1. The molecule has 0 spiro atoms. The first kappa shape index (κ1) is 23.9. The van der Waals surface area contributed by atoms with Crippen molar-refractivity contribution < 1.29 is 17.6 Å². The van der Waals surface area contributed by atoms with Crippen LogP contribution in [0.25, 0.3) is 10.9 Å². The van der Waals surface area contributed by atoms with Gasteiger partial charge in [-0.05, 0) is 67.6 Å². The Labute approximate surface area is 208 Å². The number of nitrogens with one attached hydrogen (secondary N) is 1. The molecule has 1 N–H and O–H groups in total. The maximum Gasteiger partial charge on any atom is 0.263 e. The number of hydrogen-bond acceptors (Lipinski definition) is 5. The SMILES string of the molecule is C[C@H](C(=O)N1CCC(c2ccc(S(=O)(=O)Nc3ccncn3)cc2)CC1)n1ccc2c(F)cccc21. The highest BCUT2D eigenvalue weighted by molar-refractivity contribution is 7.92. The van der Waals surface area contributed by atoms with Crippen molar-refractivity contribution in [1.82, 2.24) is 19.4 Å². The van der Waals surface area contributed by atoms with Crippen molar-refractivity contribution in [3.8, 4) is 0 Å². The van der Waals surface area contributed by atoms with E-state index in [9.17, 15) is 17.6 Å². The first-order chi connectivity index (χ1) is 17.3. The van der Waals surface area contributed by atoms with Crippen molar-refractivity contribution in [2.24, 2.45) is 0 Å². The van der Waals surface area contributed by atoms with Crippen LogP contribution in [0.15, 0.2) is 78.2 Å². The van der Waals surface area contributed by atoms with Crippen molar-refractivity contribution in [3.05, 3.63) is 84.7 Å². The number of anilines is 1. The molecular formula is C26H26FN5O3S. The predicted octanol–water partition coefficient (Wildman–Crippen LogP) is 4.34. The third-order valence-corrected chi connectivity index (χ3v) is 8.14. The highest BCUT2D eigenvalue weighted by atomic mass is 32.2. The molecular weight excluding hydrogens is 481 g/mol. The van der Waals surface area contributed by atoms with Gasteiger partial charge in [-0.1, -0.05) is 18.2 Å². The quantitative estimate of drug-likeness (QED) is 0.419. The summed E-state index contributed by atoms with van der Waals surface area (Å²) in [6, 6.07) is 14.5. The van der Waals surface area contributed by atoms with E-state index in [0.29, 0.717) is 24.0 Å². The van der Waals surface area contributed by atoms with Crippen molar-refractivity contribution in [3.63, 3.8) is 0 Å². The molecule has 2 aromatic carbocycles. The Morgan fingerprint density at radius 1 is 1.08 bits per heavy atom. The van der Waals surface area contributed by atoms with Crippen molar-refractivity contribution in [2.45, 2.75) is 36.6 Å². The van der Waals surface area contributed by atoms with Crippen molar-refractivity contribution in [2.75, 3.05) is 17.8 Å². The van der Waals surface area contributed by atoms with Gasteiger partial charge in [-0.2, -0.15) is 0 Å². The van der Waals surface area contributed by atoms with Gasteiger partial charge in [0.15, 0.2) is 0 Å². The number of amides is 1. The molecule has 0 unspecified atom stereocenters. The van der Waals surface area contributed by atoms with E-state index in [1.165, 1.54) is 24.7 Å². The number of carbonyl (C=O) groups excluding carboxylic acids is 1. The summed E-state index contributed by atoms with van der Waals surface area (Å²) in [5, 5.41) is 0.508. The topological polar surface area (TPSA) is 97.2 Å². The number of fused-ring (bicyclic) bond motifs is 1. The van der Waals surface area contributed by atoms with Gasteiger partial charge in [0.2, 0.25) is 5.91 Å². The van der Waals surface area contributed by atoms with Crippen LogP contribution in [0.5, 0.6) is 0 Å². The average molecular weight is 508 g/mol. The second kappa shape index (κ2) is 9.69. The molecule has 4 aromatic rings. The van der Waals surface area contributed by atoms with Gasteiger partial charge < -0.3 is 9.47 Å². The molecule has 8 nitrogen and oxygen atoms in total. The molecule has 1 amide bonds. The Hall–Kier alpha value is -3.79. The Balaban J connectivity index is 1.22. The van der Waals surface area contributed by atoms with Gasteiger partial charge in [0.1, 0.15) is 24.0 Å². The summed E-state index contributed by atoms with van der Waals surface area (Å²) in [4.78, 5) is 22.9. The zero-order valence-electron chi connectivity index (χ0n) is 19.7. The lowest BCUT2D eigenvalue weighted by Gasteiger charge is -2.34. The second-order valence-electron chi connectivity index (χ2n) is 8.94. The minimum Gasteiger partial charge on any atom is -0.341 e. The Kier molecular flexibility index (Phi) is 6.44. The number of nitrogens with zero attached hydrogens (tertiary/aromatic N) is 4. The summed E-state index contributed by atoms with van der Waals surface area (Å²) in [6.07, 6.45) is 6.07. The molecule has 1 aliphatic heterocycles. The lowest BCUT2D eigenvalue weighted by atomic mass is 9.89. The van der Waals surface area contributed by atoms with Gasteiger partial charge >= 0.3 is 0 Å². The van der Waals surface area contributed by atoms with E-state index in [-0.39, 0.29) is 28.4 Å². The van der Waals surface area contributed by atoms with Gasteiger partial charge in [-0.15, -0.1) is 0 Å². The van der Waals surface area contributed by atoms with Crippen LogP contribution < -0.4 is 4.72 Å². The highest BCUT2D eigenvalue weighted by Crippen LogP contribution is 2.31. The highest BCUT2D eigenvalue weighted by Gasteiger charge is 2.28. The molecule has 0 bridgehead atoms. The van der Waals surface area contributed by atoms with E-state index < -0.39 is 16.1 Å². The third kappa shape index (κ3) is 4.68. The summed E-state index contributed by atoms with van der Waals surface area (Å²) >= 11 is 0. The number of benzene rings is 2. The Morgan fingerprint density at radius 2 is 1.83 bits per heavy atom. The minimum atomic E-state index is -3.75. The number of rotatable bonds is 6. The van der Waals surface area contributed by atoms with Crippen LogP contribution >= 0.6 is 0 Å².